The third-order valence-corrected chi connectivity index (χ3v) is 3.00. The topological polar surface area (TPSA) is 73.1 Å². The van der Waals surface area contributed by atoms with Crippen molar-refractivity contribution in [1.29, 1.82) is 0 Å². The number of aromatic nitrogens is 2. The first-order chi connectivity index (χ1) is 7.77. The van der Waals surface area contributed by atoms with Crippen LogP contribution in [-0.2, 0) is 4.74 Å². The second kappa shape index (κ2) is 5.32. The first-order valence-corrected chi connectivity index (χ1v) is 5.72. The summed E-state index contributed by atoms with van der Waals surface area (Å²) in [5.74, 6) is 1.42. The van der Waals surface area contributed by atoms with Crippen LogP contribution in [0.4, 0.5) is 11.6 Å². The second-order valence-corrected chi connectivity index (χ2v) is 4.26. The van der Waals surface area contributed by atoms with Crippen molar-refractivity contribution in [2.75, 3.05) is 30.8 Å². The van der Waals surface area contributed by atoms with Gasteiger partial charge in [-0.25, -0.2) is 9.97 Å². The zero-order valence-electron chi connectivity index (χ0n) is 8.95. The standard InChI is InChI=1S/C10H15ClN4O/c11-8-9(12)14-6-15-10(8)13-4-7-2-1-3-16-5-7/h6-7H,1-5H2,(H3,12,13,14,15). The number of ether oxygens (including phenoxy) is 1. The smallest absolute Gasteiger partial charge is 0.150 e. The summed E-state index contributed by atoms with van der Waals surface area (Å²) in [5.41, 5.74) is 5.58. The monoisotopic (exact) mass is 242 g/mol. The highest BCUT2D eigenvalue weighted by Gasteiger charge is 2.14. The lowest BCUT2D eigenvalue weighted by Gasteiger charge is -2.22. The molecule has 2 heterocycles. The highest BCUT2D eigenvalue weighted by atomic mass is 35.5. The van der Waals surface area contributed by atoms with E-state index in [0.29, 0.717) is 22.6 Å². The van der Waals surface area contributed by atoms with Gasteiger partial charge in [0.2, 0.25) is 0 Å². The maximum Gasteiger partial charge on any atom is 0.150 e. The third-order valence-electron chi connectivity index (χ3n) is 2.63. The molecule has 0 amide bonds. The van der Waals surface area contributed by atoms with Crippen LogP contribution in [-0.4, -0.2) is 29.7 Å². The van der Waals surface area contributed by atoms with E-state index in [1.54, 1.807) is 0 Å². The van der Waals surface area contributed by atoms with Gasteiger partial charge in [-0.05, 0) is 18.8 Å². The molecule has 1 saturated heterocycles. The summed E-state index contributed by atoms with van der Waals surface area (Å²) >= 11 is 5.97. The van der Waals surface area contributed by atoms with Crippen LogP contribution in [0.5, 0.6) is 0 Å². The lowest BCUT2D eigenvalue weighted by Crippen LogP contribution is -2.24. The van der Waals surface area contributed by atoms with Gasteiger partial charge in [0.1, 0.15) is 23.0 Å². The summed E-state index contributed by atoms with van der Waals surface area (Å²) in [5, 5.41) is 3.57. The molecule has 88 valence electrons. The Hall–Kier alpha value is -1.07. The highest BCUT2D eigenvalue weighted by Crippen LogP contribution is 2.24. The van der Waals surface area contributed by atoms with Crippen molar-refractivity contribution in [2.45, 2.75) is 12.8 Å². The van der Waals surface area contributed by atoms with Crippen LogP contribution in [0.25, 0.3) is 0 Å². The van der Waals surface area contributed by atoms with E-state index in [2.05, 4.69) is 15.3 Å². The van der Waals surface area contributed by atoms with Gasteiger partial charge in [-0.15, -0.1) is 0 Å². The second-order valence-electron chi connectivity index (χ2n) is 3.89. The lowest BCUT2D eigenvalue weighted by molar-refractivity contribution is 0.0595. The quantitative estimate of drug-likeness (QED) is 0.841. The number of rotatable bonds is 3. The predicted molar refractivity (Wildman–Crippen MR) is 63.5 cm³/mol. The van der Waals surface area contributed by atoms with Crippen molar-refractivity contribution in [1.82, 2.24) is 9.97 Å². The lowest BCUT2D eigenvalue weighted by atomic mass is 10.0. The highest BCUT2D eigenvalue weighted by molar-refractivity contribution is 6.35. The number of nitrogens with zero attached hydrogens (tertiary/aromatic N) is 2. The predicted octanol–water partition coefficient (Wildman–Crippen LogP) is 1.55. The minimum absolute atomic E-state index is 0.305. The van der Waals surface area contributed by atoms with Gasteiger partial charge in [0.05, 0.1) is 6.61 Å². The Balaban J connectivity index is 1.91. The van der Waals surface area contributed by atoms with Gasteiger partial charge in [0, 0.05) is 13.2 Å². The molecule has 0 saturated carbocycles. The van der Waals surface area contributed by atoms with Gasteiger partial charge >= 0.3 is 0 Å². The Morgan fingerprint density at radius 3 is 3.19 bits per heavy atom. The Morgan fingerprint density at radius 1 is 1.56 bits per heavy atom. The van der Waals surface area contributed by atoms with Gasteiger partial charge in [-0.1, -0.05) is 11.6 Å². The largest absolute Gasteiger partial charge is 0.382 e. The molecular weight excluding hydrogens is 228 g/mol. The van der Waals surface area contributed by atoms with Gasteiger partial charge in [-0.3, -0.25) is 0 Å². The fourth-order valence-electron chi connectivity index (χ4n) is 1.72. The van der Waals surface area contributed by atoms with Crippen LogP contribution in [0.1, 0.15) is 12.8 Å². The van der Waals surface area contributed by atoms with E-state index in [1.165, 1.54) is 12.7 Å². The minimum Gasteiger partial charge on any atom is -0.382 e. The van der Waals surface area contributed by atoms with Crippen LogP contribution in [0.15, 0.2) is 6.33 Å². The molecule has 2 rings (SSSR count). The third kappa shape index (κ3) is 2.74. The van der Waals surface area contributed by atoms with Crippen LogP contribution in [0.2, 0.25) is 5.02 Å². The maximum atomic E-state index is 5.97. The summed E-state index contributed by atoms with van der Waals surface area (Å²) in [6.45, 7) is 2.47. The summed E-state index contributed by atoms with van der Waals surface area (Å²) in [7, 11) is 0. The van der Waals surface area contributed by atoms with Crippen LogP contribution in [0.3, 0.4) is 0 Å². The number of anilines is 2. The minimum atomic E-state index is 0.305. The Labute approximate surface area is 99.4 Å². The summed E-state index contributed by atoms with van der Waals surface area (Å²) in [6, 6.07) is 0. The van der Waals surface area contributed by atoms with Crippen molar-refractivity contribution >= 4 is 23.2 Å². The van der Waals surface area contributed by atoms with E-state index in [9.17, 15) is 0 Å². The summed E-state index contributed by atoms with van der Waals surface area (Å²) in [4.78, 5) is 7.85. The molecule has 1 fully saturated rings. The molecule has 1 aliphatic rings. The molecule has 1 atom stereocenters. The van der Waals surface area contributed by atoms with Gasteiger partial charge in [0.15, 0.2) is 0 Å². The summed E-state index contributed by atoms with van der Waals surface area (Å²) in [6.07, 6.45) is 3.69. The van der Waals surface area contributed by atoms with Crippen molar-refractivity contribution < 1.29 is 4.74 Å². The zero-order valence-corrected chi connectivity index (χ0v) is 9.70. The van der Waals surface area contributed by atoms with E-state index in [0.717, 1.165) is 26.2 Å². The van der Waals surface area contributed by atoms with E-state index in [1.807, 2.05) is 0 Å². The fourth-order valence-corrected chi connectivity index (χ4v) is 1.88. The maximum absolute atomic E-state index is 5.97. The summed E-state index contributed by atoms with van der Waals surface area (Å²) < 4.78 is 5.39. The van der Waals surface area contributed by atoms with E-state index >= 15 is 0 Å². The number of hydrogen-bond acceptors (Lipinski definition) is 5. The Bertz CT molecular complexity index is 355. The molecule has 0 aromatic carbocycles. The van der Waals surface area contributed by atoms with E-state index in [-0.39, 0.29) is 0 Å². The van der Waals surface area contributed by atoms with Crippen LogP contribution in [0, 0.1) is 5.92 Å². The number of hydrogen-bond donors (Lipinski definition) is 2. The molecule has 1 aromatic heterocycles. The molecule has 0 spiro atoms. The molecular formula is C10H15ClN4O. The molecule has 6 heteroatoms. The SMILES string of the molecule is Nc1ncnc(NCC2CCCOC2)c1Cl. The number of nitrogens with two attached hydrogens (primary N) is 1. The van der Waals surface area contributed by atoms with Gasteiger partial charge in [-0.2, -0.15) is 0 Å². The molecule has 1 aliphatic heterocycles. The van der Waals surface area contributed by atoms with E-state index in [4.69, 9.17) is 22.1 Å². The van der Waals surface area contributed by atoms with Crippen molar-refractivity contribution in [2.24, 2.45) is 5.92 Å². The molecule has 0 radical (unpaired) electrons. The number of nitrogens with one attached hydrogen (secondary N) is 1. The van der Waals surface area contributed by atoms with Crippen molar-refractivity contribution in [3.05, 3.63) is 11.3 Å². The average molecular weight is 243 g/mol. The first kappa shape index (κ1) is 11.4. The zero-order chi connectivity index (χ0) is 11.4. The van der Waals surface area contributed by atoms with Crippen molar-refractivity contribution in [3.8, 4) is 0 Å². The Morgan fingerprint density at radius 2 is 2.44 bits per heavy atom. The molecule has 5 nitrogen and oxygen atoms in total. The molecule has 0 aliphatic carbocycles. The number of nitrogen functional groups attached to an aromatic ring is 1. The van der Waals surface area contributed by atoms with Crippen molar-refractivity contribution in [3.63, 3.8) is 0 Å². The molecule has 1 aromatic rings. The molecule has 0 bridgehead atoms. The van der Waals surface area contributed by atoms with Gasteiger partial charge < -0.3 is 15.8 Å². The fraction of sp³-hybridized carbons (Fsp3) is 0.600. The molecule has 3 N–H and O–H groups in total. The molecule has 16 heavy (non-hydrogen) atoms. The Kier molecular flexibility index (Phi) is 3.79. The number of halogens is 1. The van der Waals surface area contributed by atoms with Gasteiger partial charge in [0.25, 0.3) is 0 Å². The first-order valence-electron chi connectivity index (χ1n) is 5.35. The van der Waals surface area contributed by atoms with Crippen LogP contribution < -0.4 is 11.1 Å². The van der Waals surface area contributed by atoms with E-state index < -0.39 is 0 Å². The molecule has 1 unspecified atom stereocenters. The van der Waals surface area contributed by atoms with Crippen LogP contribution >= 0.6 is 11.6 Å². The normalized spacial score (nSPS) is 20.7. The average Bonchev–Trinajstić information content (AvgIpc) is 2.32.